The smallest absolute Gasteiger partial charge is 0.119 e. The Hall–Kier alpha value is -1.18. The van der Waals surface area contributed by atoms with Crippen LogP contribution in [-0.4, -0.2) is 13.7 Å². The fourth-order valence-corrected chi connectivity index (χ4v) is 1.54. The maximum absolute atomic E-state index is 5.16. The van der Waals surface area contributed by atoms with Crippen molar-refractivity contribution in [2.75, 3.05) is 19.0 Å². The molecule has 1 aromatic rings. The summed E-state index contributed by atoms with van der Waals surface area (Å²) in [4.78, 5) is 0. The minimum atomic E-state index is 0.913. The first-order chi connectivity index (χ1) is 6.79. The fraction of sp³-hybridized carbons (Fsp3) is 0.500. The van der Waals surface area contributed by atoms with E-state index in [1.165, 1.54) is 24.1 Å². The molecule has 1 aliphatic carbocycles. The molecule has 76 valence electrons. The number of aryl methyl sites for hydroxylation is 1. The summed E-state index contributed by atoms with van der Waals surface area (Å²) in [5.74, 6) is 1.84. The lowest BCUT2D eigenvalue weighted by Crippen LogP contribution is -2.04. The van der Waals surface area contributed by atoms with Crippen LogP contribution < -0.4 is 10.1 Å². The second kappa shape index (κ2) is 3.91. The van der Waals surface area contributed by atoms with Gasteiger partial charge in [-0.1, -0.05) is 0 Å². The lowest BCUT2D eigenvalue weighted by Gasteiger charge is -2.10. The largest absolute Gasteiger partial charge is 0.497 e. The van der Waals surface area contributed by atoms with Gasteiger partial charge in [-0.25, -0.2) is 0 Å². The van der Waals surface area contributed by atoms with Crippen LogP contribution in [0.25, 0.3) is 0 Å². The van der Waals surface area contributed by atoms with Gasteiger partial charge in [0, 0.05) is 12.2 Å². The van der Waals surface area contributed by atoms with Gasteiger partial charge in [-0.05, 0) is 49.4 Å². The van der Waals surface area contributed by atoms with Crippen molar-refractivity contribution < 1.29 is 4.74 Å². The van der Waals surface area contributed by atoms with Gasteiger partial charge in [-0.3, -0.25) is 0 Å². The van der Waals surface area contributed by atoms with Crippen molar-refractivity contribution >= 4 is 5.69 Å². The van der Waals surface area contributed by atoms with E-state index in [4.69, 9.17) is 4.74 Å². The van der Waals surface area contributed by atoms with Crippen LogP contribution in [0.1, 0.15) is 18.4 Å². The van der Waals surface area contributed by atoms with E-state index in [0.717, 1.165) is 18.2 Å². The Balaban J connectivity index is 2.01. The lowest BCUT2D eigenvalue weighted by atomic mass is 10.2. The molecule has 2 heteroatoms. The highest BCUT2D eigenvalue weighted by Gasteiger charge is 2.20. The highest BCUT2D eigenvalue weighted by Crippen LogP contribution is 2.29. The van der Waals surface area contributed by atoms with E-state index < -0.39 is 0 Å². The highest BCUT2D eigenvalue weighted by atomic mass is 16.5. The molecule has 1 aliphatic rings. The molecule has 14 heavy (non-hydrogen) atoms. The van der Waals surface area contributed by atoms with Crippen molar-refractivity contribution in [3.05, 3.63) is 23.8 Å². The second-order valence-corrected chi connectivity index (χ2v) is 4.01. The van der Waals surface area contributed by atoms with E-state index in [0.29, 0.717) is 0 Å². The van der Waals surface area contributed by atoms with Crippen molar-refractivity contribution in [1.82, 2.24) is 0 Å². The third-order valence-corrected chi connectivity index (χ3v) is 2.71. The third kappa shape index (κ3) is 2.19. The van der Waals surface area contributed by atoms with Crippen LogP contribution in [0.2, 0.25) is 0 Å². The zero-order valence-corrected chi connectivity index (χ0v) is 8.84. The zero-order chi connectivity index (χ0) is 9.97. The van der Waals surface area contributed by atoms with Gasteiger partial charge in [0.15, 0.2) is 0 Å². The quantitative estimate of drug-likeness (QED) is 0.790. The van der Waals surface area contributed by atoms with Gasteiger partial charge in [0.05, 0.1) is 7.11 Å². The maximum atomic E-state index is 5.16. The van der Waals surface area contributed by atoms with Crippen molar-refractivity contribution in [2.24, 2.45) is 5.92 Å². The summed E-state index contributed by atoms with van der Waals surface area (Å²) < 4.78 is 5.16. The molecule has 2 nitrogen and oxygen atoms in total. The first-order valence-corrected chi connectivity index (χ1v) is 5.18. The SMILES string of the molecule is COc1ccc(NCC2CC2)c(C)c1. The average Bonchev–Trinajstić information content (AvgIpc) is 2.99. The molecule has 1 N–H and O–H groups in total. The first-order valence-electron chi connectivity index (χ1n) is 5.18. The molecule has 0 aliphatic heterocycles. The molecule has 0 bridgehead atoms. The number of ether oxygens (including phenoxy) is 1. The maximum Gasteiger partial charge on any atom is 0.119 e. The molecule has 0 unspecified atom stereocenters. The van der Waals surface area contributed by atoms with Crippen molar-refractivity contribution in [2.45, 2.75) is 19.8 Å². The zero-order valence-electron chi connectivity index (χ0n) is 8.84. The molecule has 0 aromatic heterocycles. The summed E-state index contributed by atoms with van der Waals surface area (Å²) in [6.07, 6.45) is 2.78. The fourth-order valence-electron chi connectivity index (χ4n) is 1.54. The topological polar surface area (TPSA) is 21.3 Å². The van der Waals surface area contributed by atoms with Gasteiger partial charge in [-0.15, -0.1) is 0 Å². The van der Waals surface area contributed by atoms with E-state index in [-0.39, 0.29) is 0 Å². The number of hydrogen-bond donors (Lipinski definition) is 1. The Morgan fingerprint density at radius 2 is 2.21 bits per heavy atom. The number of benzene rings is 1. The standard InChI is InChI=1S/C12H17NO/c1-9-7-11(14-2)5-6-12(9)13-8-10-3-4-10/h5-7,10,13H,3-4,8H2,1-2H3. The predicted octanol–water partition coefficient (Wildman–Crippen LogP) is 2.83. The van der Waals surface area contributed by atoms with Gasteiger partial charge in [0.2, 0.25) is 0 Å². The molecule has 0 radical (unpaired) electrons. The molecule has 0 spiro atoms. The molecular formula is C12H17NO. The van der Waals surface area contributed by atoms with E-state index in [1.54, 1.807) is 7.11 Å². The Morgan fingerprint density at radius 3 is 2.79 bits per heavy atom. The molecule has 1 aromatic carbocycles. The third-order valence-electron chi connectivity index (χ3n) is 2.71. The summed E-state index contributed by atoms with van der Waals surface area (Å²) >= 11 is 0. The molecule has 0 heterocycles. The minimum Gasteiger partial charge on any atom is -0.497 e. The van der Waals surface area contributed by atoms with Crippen molar-refractivity contribution in [3.63, 3.8) is 0 Å². The molecule has 1 fully saturated rings. The van der Waals surface area contributed by atoms with Gasteiger partial charge in [-0.2, -0.15) is 0 Å². The predicted molar refractivity (Wildman–Crippen MR) is 58.9 cm³/mol. The number of nitrogens with one attached hydrogen (secondary N) is 1. The van der Waals surface area contributed by atoms with Crippen LogP contribution in [0, 0.1) is 12.8 Å². The van der Waals surface area contributed by atoms with Gasteiger partial charge < -0.3 is 10.1 Å². The lowest BCUT2D eigenvalue weighted by molar-refractivity contribution is 0.414. The van der Waals surface area contributed by atoms with E-state index in [9.17, 15) is 0 Å². The summed E-state index contributed by atoms with van der Waals surface area (Å²) in [6, 6.07) is 6.16. The second-order valence-electron chi connectivity index (χ2n) is 4.01. The first kappa shape index (κ1) is 9.38. The van der Waals surface area contributed by atoms with Crippen LogP contribution in [0.15, 0.2) is 18.2 Å². The average molecular weight is 191 g/mol. The molecule has 0 amide bonds. The van der Waals surface area contributed by atoms with Crippen LogP contribution in [0.3, 0.4) is 0 Å². The Bertz CT molecular complexity index is 318. The monoisotopic (exact) mass is 191 g/mol. The Labute approximate surface area is 85.3 Å². The van der Waals surface area contributed by atoms with Crippen LogP contribution >= 0.6 is 0 Å². The molecule has 0 atom stereocenters. The van der Waals surface area contributed by atoms with Crippen LogP contribution in [0.4, 0.5) is 5.69 Å². The van der Waals surface area contributed by atoms with Crippen LogP contribution in [0.5, 0.6) is 5.75 Å². The molecule has 1 saturated carbocycles. The van der Waals surface area contributed by atoms with E-state index in [1.807, 2.05) is 6.07 Å². The molecule has 2 rings (SSSR count). The normalized spacial score (nSPS) is 15.3. The summed E-state index contributed by atoms with van der Waals surface area (Å²) in [6.45, 7) is 3.23. The summed E-state index contributed by atoms with van der Waals surface area (Å²) in [5.41, 5.74) is 2.49. The molecular weight excluding hydrogens is 174 g/mol. The molecule has 0 saturated heterocycles. The number of methoxy groups -OCH3 is 1. The summed E-state index contributed by atoms with van der Waals surface area (Å²) in [7, 11) is 1.70. The number of rotatable bonds is 4. The van der Waals surface area contributed by atoms with Gasteiger partial charge in [0.25, 0.3) is 0 Å². The summed E-state index contributed by atoms with van der Waals surface area (Å²) in [5, 5.41) is 3.47. The van der Waals surface area contributed by atoms with Gasteiger partial charge >= 0.3 is 0 Å². The Morgan fingerprint density at radius 1 is 1.43 bits per heavy atom. The van der Waals surface area contributed by atoms with E-state index >= 15 is 0 Å². The van der Waals surface area contributed by atoms with Gasteiger partial charge in [0.1, 0.15) is 5.75 Å². The van der Waals surface area contributed by atoms with Crippen LogP contribution in [-0.2, 0) is 0 Å². The number of hydrogen-bond acceptors (Lipinski definition) is 2. The van der Waals surface area contributed by atoms with Crippen molar-refractivity contribution in [3.8, 4) is 5.75 Å². The minimum absolute atomic E-state index is 0.913. The van der Waals surface area contributed by atoms with E-state index in [2.05, 4.69) is 24.4 Å². The Kier molecular flexibility index (Phi) is 2.62. The highest BCUT2D eigenvalue weighted by molar-refractivity contribution is 5.53. The van der Waals surface area contributed by atoms with Crippen molar-refractivity contribution in [1.29, 1.82) is 0 Å². The number of anilines is 1.